The molecule has 2 aromatic heterocycles. The SMILES string of the molecule is C[C@@H](OC(=O)c1cc(C2CC2)nc2ccccc12)c1nnc(-c2ccccc2)o1. The Kier molecular flexibility index (Phi) is 4.31. The van der Waals surface area contributed by atoms with Crippen LogP contribution in [0.25, 0.3) is 22.4 Å². The van der Waals surface area contributed by atoms with Gasteiger partial charge in [-0.2, -0.15) is 0 Å². The van der Waals surface area contributed by atoms with E-state index in [1.54, 1.807) is 6.92 Å². The van der Waals surface area contributed by atoms with Crippen molar-refractivity contribution < 1.29 is 13.9 Å². The third-order valence-electron chi connectivity index (χ3n) is 5.04. The van der Waals surface area contributed by atoms with Crippen LogP contribution in [0.15, 0.2) is 65.1 Å². The molecule has 0 amide bonds. The number of benzene rings is 2. The van der Waals surface area contributed by atoms with E-state index < -0.39 is 12.1 Å². The summed E-state index contributed by atoms with van der Waals surface area (Å²) in [5, 5.41) is 8.90. The topological polar surface area (TPSA) is 78.1 Å². The number of fused-ring (bicyclic) bond motifs is 1. The molecule has 2 heterocycles. The molecule has 0 unspecified atom stereocenters. The number of carbonyl (C=O) groups excluding carboxylic acids is 1. The standard InChI is InChI=1S/C23H19N3O3/c1-14(21-25-26-22(29-21)16-7-3-2-4-8-16)28-23(27)18-13-20(15-11-12-15)24-19-10-6-5-9-17(18)19/h2-10,13-15H,11-12H2,1H3/t14-/m1/s1. The summed E-state index contributed by atoms with van der Waals surface area (Å²) in [4.78, 5) is 17.7. The minimum absolute atomic E-state index is 0.262. The van der Waals surface area contributed by atoms with E-state index in [-0.39, 0.29) is 5.89 Å². The number of ether oxygens (including phenoxy) is 1. The Labute approximate surface area is 167 Å². The second kappa shape index (κ2) is 7.13. The number of para-hydroxylation sites is 1. The summed E-state index contributed by atoms with van der Waals surface area (Å²) in [6.07, 6.45) is 1.56. The van der Waals surface area contributed by atoms with E-state index in [2.05, 4.69) is 10.2 Å². The van der Waals surface area contributed by atoms with Crippen molar-refractivity contribution in [3.05, 3.63) is 77.8 Å². The Hall–Kier alpha value is -3.54. The number of rotatable bonds is 5. The van der Waals surface area contributed by atoms with Crippen molar-refractivity contribution in [3.63, 3.8) is 0 Å². The molecule has 0 saturated heterocycles. The zero-order chi connectivity index (χ0) is 19.8. The summed E-state index contributed by atoms with van der Waals surface area (Å²) in [5.41, 5.74) is 3.10. The first-order valence-electron chi connectivity index (χ1n) is 9.68. The van der Waals surface area contributed by atoms with Gasteiger partial charge in [-0.1, -0.05) is 36.4 Å². The molecule has 6 heteroatoms. The zero-order valence-corrected chi connectivity index (χ0v) is 15.9. The van der Waals surface area contributed by atoms with Crippen LogP contribution in [0, 0.1) is 0 Å². The maximum atomic E-state index is 13.0. The largest absolute Gasteiger partial charge is 0.449 e. The van der Waals surface area contributed by atoms with Crippen molar-refractivity contribution in [1.82, 2.24) is 15.2 Å². The predicted molar refractivity (Wildman–Crippen MR) is 107 cm³/mol. The molecule has 1 saturated carbocycles. The van der Waals surface area contributed by atoms with Gasteiger partial charge in [-0.05, 0) is 44.0 Å². The van der Waals surface area contributed by atoms with E-state index in [1.807, 2.05) is 60.7 Å². The molecule has 0 aliphatic heterocycles. The summed E-state index contributed by atoms with van der Waals surface area (Å²) in [6.45, 7) is 1.73. The number of hydrogen-bond acceptors (Lipinski definition) is 6. The van der Waals surface area contributed by atoms with E-state index in [9.17, 15) is 4.79 Å². The number of pyridine rings is 1. The fourth-order valence-corrected chi connectivity index (χ4v) is 3.32. The van der Waals surface area contributed by atoms with Crippen molar-refractivity contribution in [2.75, 3.05) is 0 Å². The molecule has 0 N–H and O–H groups in total. The molecular formula is C23H19N3O3. The van der Waals surface area contributed by atoms with Crippen LogP contribution < -0.4 is 0 Å². The monoisotopic (exact) mass is 385 g/mol. The minimum atomic E-state index is -0.663. The molecule has 1 aliphatic rings. The molecule has 0 spiro atoms. The highest BCUT2D eigenvalue weighted by Gasteiger charge is 2.28. The first-order chi connectivity index (χ1) is 14.2. The van der Waals surface area contributed by atoms with Gasteiger partial charge in [0.25, 0.3) is 5.89 Å². The average Bonchev–Trinajstić information content (AvgIpc) is 3.49. The normalized spacial score (nSPS) is 14.7. The van der Waals surface area contributed by atoms with Gasteiger partial charge in [0.05, 0.1) is 11.1 Å². The van der Waals surface area contributed by atoms with E-state index in [0.29, 0.717) is 17.4 Å². The quantitative estimate of drug-likeness (QED) is 0.446. The smallest absolute Gasteiger partial charge is 0.339 e. The van der Waals surface area contributed by atoms with Crippen LogP contribution in [0.3, 0.4) is 0 Å². The van der Waals surface area contributed by atoms with E-state index in [1.165, 1.54) is 0 Å². The van der Waals surface area contributed by atoms with Crippen LogP contribution in [-0.4, -0.2) is 21.2 Å². The van der Waals surface area contributed by atoms with Crippen LogP contribution in [-0.2, 0) is 4.74 Å². The molecule has 1 aliphatic carbocycles. The van der Waals surface area contributed by atoms with Gasteiger partial charge in [-0.15, -0.1) is 10.2 Å². The molecule has 1 fully saturated rings. The molecule has 29 heavy (non-hydrogen) atoms. The van der Waals surface area contributed by atoms with Gasteiger partial charge in [-0.25, -0.2) is 4.79 Å². The maximum absolute atomic E-state index is 13.0. The molecular weight excluding hydrogens is 366 g/mol. The highest BCUT2D eigenvalue weighted by molar-refractivity contribution is 6.03. The van der Waals surface area contributed by atoms with Gasteiger partial charge in [-0.3, -0.25) is 4.98 Å². The van der Waals surface area contributed by atoms with Gasteiger partial charge in [0, 0.05) is 22.6 Å². The maximum Gasteiger partial charge on any atom is 0.339 e. The lowest BCUT2D eigenvalue weighted by Crippen LogP contribution is -2.11. The van der Waals surface area contributed by atoms with Crippen molar-refractivity contribution in [3.8, 4) is 11.5 Å². The Morgan fingerprint density at radius 2 is 1.83 bits per heavy atom. The Bertz CT molecular complexity index is 1180. The number of carbonyl (C=O) groups is 1. The molecule has 1 atom stereocenters. The summed E-state index contributed by atoms with van der Waals surface area (Å²) in [7, 11) is 0. The fourth-order valence-electron chi connectivity index (χ4n) is 3.32. The molecule has 0 radical (unpaired) electrons. The third-order valence-corrected chi connectivity index (χ3v) is 5.04. The van der Waals surface area contributed by atoms with Crippen LogP contribution in [0.5, 0.6) is 0 Å². The highest BCUT2D eigenvalue weighted by Crippen LogP contribution is 2.40. The Morgan fingerprint density at radius 3 is 2.62 bits per heavy atom. The van der Waals surface area contributed by atoms with Crippen LogP contribution >= 0.6 is 0 Å². The van der Waals surface area contributed by atoms with E-state index in [4.69, 9.17) is 14.1 Å². The van der Waals surface area contributed by atoms with Crippen molar-refractivity contribution in [2.24, 2.45) is 0 Å². The second-order valence-electron chi connectivity index (χ2n) is 7.25. The van der Waals surface area contributed by atoms with Crippen LogP contribution in [0.1, 0.15) is 53.7 Å². The number of nitrogens with zero attached hydrogens (tertiary/aromatic N) is 3. The van der Waals surface area contributed by atoms with Crippen LogP contribution in [0.4, 0.5) is 0 Å². The molecule has 144 valence electrons. The summed E-state index contributed by atoms with van der Waals surface area (Å²) in [5.74, 6) is 0.678. The Balaban J connectivity index is 1.41. The summed E-state index contributed by atoms with van der Waals surface area (Å²) >= 11 is 0. The lowest BCUT2D eigenvalue weighted by molar-refractivity contribution is 0.0282. The highest BCUT2D eigenvalue weighted by atomic mass is 16.6. The summed E-state index contributed by atoms with van der Waals surface area (Å²) in [6, 6.07) is 19.0. The minimum Gasteiger partial charge on any atom is -0.449 e. The number of hydrogen-bond donors (Lipinski definition) is 0. The fraction of sp³-hybridized carbons (Fsp3) is 0.217. The average molecular weight is 385 g/mol. The van der Waals surface area contributed by atoms with Crippen molar-refractivity contribution in [1.29, 1.82) is 0 Å². The zero-order valence-electron chi connectivity index (χ0n) is 15.9. The first kappa shape index (κ1) is 17.6. The van der Waals surface area contributed by atoms with Gasteiger partial charge < -0.3 is 9.15 Å². The van der Waals surface area contributed by atoms with Gasteiger partial charge in [0.15, 0.2) is 6.10 Å². The summed E-state index contributed by atoms with van der Waals surface area (Å²) < 4.78 is 11.4. The van der Waals surface area contributed by atoms with Gasteiger partial charge in [0.1, 0.15) is 0 Å². The first-order valence-corrected chi connectivity index (χ1v) is 9.68. The lowest BCUT2D eigenvalue weighted by atomic mass is 10.1. The number of aromatic nitrogens is 3. The van der Waals surface area contributed by atoms with Crippen molar-refractivity contribution >= 4 is 16.9 Å². The van der Waals surface area contributed by atoms with Crippen LogP contribution in [0.2, 0.25) is 0 Å². The third kappa shape index (κ3) is 3.49. The molecule has 6 nitrogen and oxygen atoms in total. The lowest BCUT2D eigenvalue weighted by Gasteiger charge is -2.12. The molecule has 5 rings (SSSR count). The second-order valence-corrected chi connectivity index (χ2v) is 7.25. The molecule has 4 aromatic rings. The van der Waals surface area contributed by atoms with E-state index in [0.717, 1.165) is 35.0 Å². The number of esters is 1. The molecule has 0 bridgehead atoms. The van der Waals surface area contributed by atoms with Gasteiger partial charge >= 0.3 is 5.97 Å². The van der Waals surface area contributed by atoms with Gasteiger partial charge in [0.2, 0.25) is 5.89 Å². The van der Waals surface area contributed by atoms with Crippen molar-refractivity contribution in [2.45, 2.75) is 31.8 Å². The van der Waals surface area contributed by atoms with E-state index >= 15 is 0 Å². The Morgan fingerprint density at radius 1 is 1.07 bits per heavy atom. The molecule has 2 aromatic carbocycles. The predicted octanol–water partition coefficient (Wildman–Crippen LogP) is 5.08.